The van der Waals surface area contributed by atoms with Gasteiger partial charge in [0.2, 0.25) is 0 Å². The maximum Gasteiger partial charge on any atom is 0.262 e. The van der Waals surface area contributed by atoms with Crippen LogP contribution >= 0.6 is 11.8 Å². The summed E-state index contributed by atoms with van der Waals surface area (Å²) < 4.78 is 0. The van der Waals surface area contributed by atoms with E-state index in [0.717, 1.165) is 31.9 Å². The fraction of sp³-hybridized carbons (Fsp3) is 0.444. The summed E-state index contributed by atoms with van der Waals surface area (Å²) in [6, 6.07) is 10.5. The van der Waals surface area contributed by atoms with Crippen molar-refractivity contribution in [1.29, 1.82) is 5.26 Å². The van der Waals surface area contributed by atoms with Gasteiger partial charge in [0.15, 0.2) is 0 Å². The number of hydrogen-bond acceptors (Lipinski definition) is 6. The lowest BCUT2D eigenvalue weighted by Gasteiger charge is -2.38. The van der Waals surface area contributed by atoms with Crippen molar-refractivity contribution in [1.82, 2.24) is 4.90 Å². The number of hydrogen-bond donors (Lipinski definition) is 2. The molecule has 25 heavy (non-hydrogen) atoms. The topological polar surface area (TPSA) is 85.4 Å². The van der Waals surface area contributed by atoms with Crippen LogP contribution in [0.5, 0.6) is 0 Å². The first kappa shape index (κ1) is 19.2. The van der Waals surface area contributed by atoms with Gasteiger partial charge in [-0.3, -0.25) is 9.69 Å². The first-order valence-corrected chi connectivity index (χ1v) is 9.53. The van der Waals surface area contributed by atoms with Crippen molar-refractivity contribution in [2.24, 2.45) is 5.73 Å². The van der Waals surface area contributed by atoms with Gasteiger partial charge < -0.3 is 16.0 Å². The Morgan fingerprint density at radius 1 is 1.24 bits per heavy atom. The van der Waals surface area contributed by atoms with Gasteiger partial charge in [0, 0.05) is 43.6 Å². The van der Waals surface area contributed by atoms with Gasteiger partial charge >= 0.3 is 0 Å². The average Bonchev–Trinajstić information content (AvgIpc) is 2.61. The number of nitriles is 1. The van der Waals surface area contributed by atoms with E-state index in [1.807, 2.05) is 18.2 Å². The molecule has 0 saturated carbocycles. The Hall–Kier alpha value is -2.17. The molecule has 1 saturated heterocycles. The summed E-state index contributed by atoms with van der Waals surface area (Å²) in [4.78, 5) is 16.2. The molecule has 0 bridgehead atoms. The van der Waals surface area contributed by atoms with Crippen molar-refractivity contribution in [3.05, 3.63) is 34.9 Å². The molecule has 0 spiro atoms. The number of rotatable bonds is 6. The number of primary amides is 1. The van der Waals surface area contributed by atoms with E-state index in [2.05, 4.69) is 41.1 Å². The lowest BCUT2D eigenvalue weighted by Crippen LogP contribution is -2.48. The molecule has 3 N–H and O–H groups in total. The number of thioether (sulfide) groups is 1. The molecule has 1 amide bonds. The zero-order valence-electron chi connectivity index (χ0n) is 15.0. The lowest BCUT2D eigenvalue weighted by molar-refractivity contribution is -0.114. The third kappa shape index (κ3) is 4.91. The quantitative estimate of drug-likeness (QED) is 0.598. The molecule has 1 aromatic carbocycles. The second kappa shape index (κ2) is 8.79. The highest BCUT2D eigenvalue weighted by Gasteiger charge is 2.19. The molecule has 1 aromatic rings. The fourth-order valence-corrected chi connectivity index (χ4v) is 3.39. The lowest BCUT2D eigenvalue weighted by atomic mass is 10.2. The highest BCUT2D eigenvalue weighted by molar-refractivity contribution is 8.02. The number of nitrogens with one attached hydrogen (secondary N) is 1. The van der Waals surface area contributed by atoms with Crippen LogP contribution in [0.3, 0.4) is 0 Å². The number of amides is 1. The van der Waals surface area contributed by atoms with Gasteiger partial charge in [-0.15, -0.1) is 11.8 Å². The van der Waals surface area contributed by atoms with Crippen molar-refractivity contribution in [2.45, 2.75) is 19.9 Å². The van der Waals surface area contributed by atoms with E-state index < -0.39 is 5.91 Å². The van der Waals surface area contributed by atoms with E-state index in [9.17, 15) is 4.79 Å². The Morgan fingerprint density at radius 3 is 2.28 bits per heavy atom. The van der Waals surface area contributed by atoms with Gasteiger partial charge in [0.05, 0.1) is 5.03 Å². The molecule has 1 aliphatic rings. The van der Waals surface area contributed by atoms with Crippen LogP contribution in [0.4, 0.5) is 11.4 Å². The Bertz CT molecular complexity index is 670. The molecule has 0 aromatic heterocycles. The maximum absolute atomic E-state index is 11.3. The first-order valence-electron chi connectivity index (χ1n) is 8.30. The zero-order valence-corrected chi connectivity index (χ0v) is 15.8. The second-order valence-electron chi connectivity index (χ2n) is 6.17. The predicted octanol–water partition coefficient (Wildman–Crippen LogP) is 2.21. The van der Waals surface area contributed by atoms with Gasteiger partial charge in [-0.25, -0.2) is 0 Å². The number of piperazine rings is 1. The summed E-state index contributed by atoms with van der Waals surface area (Å²) >= 11 is 1.29. The Kier molecular flexibility index (Phi) is 6.73. The molecule has 0 radical (unpaired) electrons. The summed E-state index contributed by atoms with van der Waals surface area (Å²) in [5.41, 5.74) is 7.20. The Labute approximate surface area is 153 Å². The summed E-state index contributed by atoms with van der Waals surface area (Å²) in [6.45, 7) is 8.63. The van der Waals surface area contributed by atoms with Crippen LogP contribution in [0.2, 0.25) is 0 Å². The van der Waals surface area contributed by atoms with E-state index in [-0.39, 0.29) is 5.57 Å². The van der Waals surface area contributed by atoms with Crippen LogP contribution in [0.25, 0.3) is 0 Å². The van der Waals surface area contributed by atoms with Gasteiger partial charge in [-0.2, -0.15) is 5.26 Å². The standard InChI is InChI=1S/C18H25N5OS/c1-13(2)22-8-10-23(11-9-22)15-6-4-14(5-7-15)21-18(25-3)16(12-19)17(20)24/h4-7,13,21H,8-11H2,1-3H3,(H2,20,24). The average molecular weight is 359 g/mol. The SMILES string of the molecule is CSC(Nc1ccc(N2CCN(C(C)C)CC2)cc1)=C(C#N)C(N)=O. The van der Waals surface area contributed by atoms with Crippen LogP contribution in [0.1, 0.15) is 13.8 Å². The van der Waals surface area contributed by atoms with E-state index in [1.165, 1.54) is 17.4 Å². The number of nitrogens with zero attached hydrogens (tertiary/aromatic N) is 3. The predicted molar refractivity (Wildman–Crippen MR) is 104 cm³/mol. The molecular formula is C18H25N5OS. The summed E-state index contributed by atoms with van der Waals surface area (Å²) in [5, 5.41) is 12.6. The van der Waals surface area contributed by atoms with Gasteiger partial charge in [0.1, 0.15) is 11.6 Å². The van der Waals surface area contributed by atoms with Gasteiger partial charge in [-0.05, 0) is 44.4 Å². The fourth-order valence-electron chi connectivity index (χ4n) is 2.82. The molecule has 1 fully saturated rings. The molecule has 2 rings (SSSR count). The number of anilines is 2. The van der Waals surface area contributed by atoms with Gasteiger partial charge in [0.25, 0.3) is 5.91 Å². The summed E-state index contributed by atoms with van der Waals surface area (Å²) in [7, 11) is 0. The molecule has 0 atom stereocenters. The van der Waals surface area contributed by atoms with Crippen LogP contribution < -0.4 is 16.0 Å². The Morgan fingerprint density at radius 2 is 1.84 bits per heavy atom. The molecule has 7 heteroatoms. The largest absolute Gasteiger partial charge is 0.369 e. The zero-order chi connectivity index (χ0) is 18.4. The van der Waals surface area contributed by atoms with Crippen molar-refractivity contribution in [2.75, 3.05) is 42.7 Å². The maximum atomic E-state index is 11.3. The first-order chi connectivity index (χ1) is 12.0. The summed E-state index contributed by atoms with van der Waals surface area (Å²) in [6.07, 6.45) is 1.80. The number of nitrogens with two attached hydrogens (primary N) is 1. The second-order valence-corrected chi connectivity index (χ2v) is 6.99. The molecule has 0 aliphatic carbocycles. The van der Waals surface area contributed by atoms with E-state index in [4.69, 9.17) is 11.0 Å². The van der Waals surface area contributed by atoms with Crippen molar-refractivity contribution in [3.63, 3.8) is 0 Å². The van der Waals surface area contributed by atoms with E-state index in [1.54, 1.807) is 6.26 Å². The van der Waals surface area contributed by atoms with Crippen LogP contribution in [-0.2, 0) is 4.79 Å². The van der Waals surface area contributed by atoms with Crippen LogP contribution in [-0.4, -0.2) is 49.3 Å². The molecule has 0 unspecified atom stereocenters. The molecular weight excluding hydrogens is 334 g/mol. The monoisotopic (exact) mass is 359 g/mol. The highest BCUT2D eigenvalue weighted by atomic mass is 32.2. The third-order valence-electron chi connectivity index (χ3n) is 4.32. The molecule has 6 nitrogen and oxygen atoms in total. The van der Waals surface area contributed by atoms with Crippen LogP contribution in [0.15, 0.2) is 34.9 Å². The minimum Gasteiger partial charge on any atom is -0.369 e. The van der Waals surface area contributed by atoms with Crippen LogP contribution in [0, 0.1) is 11.3 Å². The number of carbonyl (C=O) groups is 1. The van der Waals surface area contributed by atoms with E-state index >= 15 is 0 Å². The molecule has 134 valence electrons. The smallest absolute Gasteiger partial charge is 0.262 e. The minimum absolute atomic E-state index is 0.0543. The highest BCUT2D eigenvalue weighted by Crippen LogP contribution is 2.24. The normalized spacial score (nSPS) is 16.4. The van der Waals surface area contributed by atoms with E-state index in [0.29, 0.717) is 11.1 Å². The third-order valence-corrected chi connectivity index (χ3v) is 5.04. The Balaban J connectivity index is 2.05. The number of benzene rings is 1. The minimum atomic E-state index is -0.723. The number of carbonyl (C=O) groups excluding carboxylic acids is 1. The molecule has 1 aliphatic heterocycles. The van der Waals surface area contributed by atoms with Gasteiger partial charge in [-0.1, -0.05) is 0 Å². The van der Waals surface area contributed by atoms with Crippen molar-refractivity contribution < 1.29 is 4.79 Å². The van der Waals surface area contributed by atoms with Crippen molar-refractivity contribution >= 4 is 29.0 Å². The summed E-state index contributed by atoms with van der Waals surface area (Å²) in [5.74, 6) is -0.723. The molecule has 1 heterocycles. The van der Waals surface area contributed by atoms with Crippen molar-refractivity contribution in [3.8, 4) is 6.07 Å².